The van der Waals surface area contributed by atoms with E-state index in [1.54, 1.807) is 6.92 Å². The third-order valence-electron chi connectivity index (χ3n) is 5.81. The van der Waals surface area contributed by atoms with Crippen LogP contribution in [0.4, 0.5) is 0 Å². The van der Waals surface area contributed by atoms with Gasteiger partial charge < -0.3 is 24.8 Å². The normalized spacial score (nSPS) is 15.8. The molecule has 6 heteroatoms. The average Bonchev–Trinajstić information content (AvgIpc) is 2.78. The Bertz CT molecular complexity index is 859. The van der Waals surface area contributed by atoms with E-state index in [1.807, 2.05) is 69.3 Å². The largest absolute Gasteiger partial charge is 0.478 e. The summed E-state index contributed by atoms with van der Waals surface area (Å²) in [5.74, 6) is 0.202. The number of aliphatic carboxylic acids is 1. The van der Waals surface area contributed by atoms with Gasteiger partial charge in [0.2, 0.25) is 0 Å². The quantitative estimate of drug-likeness (QED) is 0.334. The zero-order valence-corrected chi connectivity index (χ0v) is 19.5. The number of rotatable bonds is 11. The number of carboxylic acid groups (broad SMARTS) is 1. The molecule has 0 aliphatic heterocycles. The van der Waals surface area contributed by atoms with Gasteiger partial charge in [0.05, 0.1) is 0 Å². The van der Waals surface area contributed by atoms with Crippen LogP contribution in [0.5, 0.6) is 11.5 Å². The van der Waals surface area contributed by atoms with Crippen LogP contribution in [-0.4, -0.2) is 33.9 Å². The first-order valence-corrected chi connectivity index (χ1v) is 10.9. The minimum Gasteiger partial charge on any atom is -0.478 e. The van der Waals surface area contributed by atoms with Crippen LogP contribution >= 0.6 is 0 Å². The number of allylic oxidation sites excluding steroid dienone is 1. The highest BCUT2D eigenvalue weighted by molar-refractivity contribution is 5.86. The highest BCUT2D eigenvalue weighted by Crippen LogP contribution is 2.39. The minimum absolute atomic E-state index is 0.327. The molecule has 2 atom stereocenters. The molecule has 32 heavy (non-hydrogen) atoms. The molecule has 0 aromatic heterocycles. The Labute approximate surface area is 190 Å². The fourth-order valence-electron chi connectivity index (χ4n) is 3.50. The minimum atomic E-state index is -0.931. The molecule has 2 unspecified atom stereocenters. The Kier molecular flexibility index (Phi) is 8.87. The molecule has 0 aliphatic carbocycles. The fraction of sp³-hybridized carbons (Fsp3) is 0.423. The van der Waals surface area contributed by atoms with E-state index in [1.165, 1.54) is 0 Å². The van der Waals surface area contributed by atoms with Crippen molar-refractivity contribution in [3.8, 4) is 11.5 Å². The first-order valence-electron chi connectivity index (χ1n) is 10.9. The second-order valence-corrected chi connectivity index (χ2v) is 8.23. The molecule has 6 nitrogen and oxygen atoms in total. The molecule has 0 heterocycles. The first kappa shape index (κ1) is 25.4. The monoisotopic (exact) mass is 442 g/mol. The SMILES string of the molecule is CCC(O)Oc1ccc(C(C)(CC(C)=C(C)C(=O)O)c2ccc(OC(O)CC)cc2)cc1. The molecule has 174 valence electrons. The van der Waals surface area contributed by atoms with E-state index in [0.717, 1.165) is 16.7 Å². The number of ether oxygens (including phenoxy) is 2. The Hall–Kier alpha value is -2.83. The van der Waals surface area contributed by atoms with Crippen molar-refractivity contribution in [3.05, 3.63) is 70.8 Å². The van der Waals surface area contributed by atoms with E-state index in [0.29, 0.717) is 36.3 Å². The molecule has 0 saturated heterocycles. The average molecular weight is 443 g/mol. The molecule has 2 aromatic carbocycles. The van der Waals surface area contributed by atoms with Gasteiger partial charge in [0, 0.05) is 23.8 Å². The summed E-state index contributed by atoms with van der Waals surface area (Å²) < 4.78 is 11.0. The van der Waals surface area contributed by atoms with Crippen molar-refractivity contribution in [1.82, 2.24) is 0 Å². The lowest BCUT2D eigenvalue weighted by atomic mass is 9.71. The lowest BCUT2D eigenvalue weighted by Gasteiger charge is -2.32. The second kappa shape index (κ2) is 11.2. The zero-order valence-electron chi connectivity index (χ0n) is 19.5. The van der Waals surface area contributed by atoms with Crippen molar-refractivity contribution in [2.45, 2.75) is 71.9 Å². The van der Waals surface area contributed by atoms with E-state index < -0.39 is 24.0 Å². The highest BCUT2D eigenvalue weighted by Gasteiger charge is 2.30. The maximum Gasteiger partial charge on any atom is 0.331 e. The molecular weight excluding hydrogens is 408 g/mol. The molecule has 0 spiro atoms. The van der Waals surface area contributed by atoms with E-state index in [2.05, 4.69) is 6.92 Å². The Morgan fingerprint density at radius 1 is 0.844 bits per heavy atom. The molecular formula is C26H34O6. The van der Waals surface area contributed by atoms with Gasteiger partial charge in [-0.05, 0) is 55.7 Å². The summed E-state index contributed by atoms with van der Waals surface area (Å²) in [6, 6.07) is 15.0. The summed E-state index contributed by atoms with van der Waals surface area (Å²) in [5, 5.41) is 28.9. The van der Waals surface area contributed by atoms with Crippen LogP contribution in [-0.2, 0) is 10.2 Å². The van der Waals surface area contributed by atoms with Gasteiger partial charge >= 0.3 is 5.97 Å². The summed E-state index contributed by atoms with van der Waals surface area (Å²) in [5.41, 5.74) is 2.55. The zero-order chi connectivity index (χ0) is 23.9. The lowest BCUT2D eigenvalue weighted by molar-refractivity contribution is -0.132. The number of hydrogen-bond acceptors (Lipinski definition) is 5. The molecule has 0 saturated carbocycles. The number of carbonyl (C=O) groups is 1. The number of benzene rings is 2. The fourth-order valence-corrected chi connectivity index (χ4v) is 3.50. The smallest absolute Gasteiger partial charge is 0.331 e. The van der Waals surface area contributed by atoms with Crippen LogP contribution in [0.25, 0.3) is 0 Å². The van der Waals surface area contributed by atoms with Crippen molar-refractivity contribution in [2.75, 3.05) is 0 Å². The van der Waals surface area contributed by atoms with Crippen molar-refractivity contribution in [2.24, 2.45) is 0 Å². The molecule has 0 bridgehead atoms. The van der Waals surface area contributed by atoms with Crippen molar-refractivity contribution < 1.29 is 29.6 Å². The van der Waals surface area contributed by atoms with Crippen LogP contribution < -0.4 is 9.47 Å². The van der Waals surface area contributed by atoms with Gasteiger partial charge in [0.1, 0.15) is 11.5 Å². The second-order valence-electron chi connectivity index (χ2n) is 8.23. The van der Waals surface area contributed by atoms with Crippen molar-refractivity contribution in [1.29, 1.82) is 0 Å². The topological polar surface area (TPSA) is 96.2 Å². The number of aliphatic hydroxyl groups excluding tert-OH is 2. The van der Waals surface area contributed by atoms with Gasteiger partial charge in [0.25, 0.3) is 0 Å². The molecule has 0 fully saturated rings. The molecule has 0 aliphatic rings. The van der Waals surface area contributed by atoms with E-state index in [9.17, 15) is 20.1 Å². The maximum absolute atomic E-state index is 11.5. The standard InChI is InChI=1S/C26H34O6/c1-6-23(27)31-21-12-8-19(9-13-21)26(5,16-17(3)18(4)25(29)30)20-10-14-22(15-11-20)32-24(28)7-2/h8-15,23-24,27-28H,6-7,16H2,1-5H3,(H,29,30). The summed E-state index contributed by atoms with van der Waals surface area (Å²) in [7, 11) is 0. The van der Waals surface area contributed by atoms with Gasteiger partial charge in [-0.25, -0.2) is 4.79 Å². The van der Waals surface area contributed by atoms with E-state index >= 15 is 0 Å². The Morgan fingerprint density at radius 2 is 1.22 bits per heavy atom. The predicted octanol–water partition coefficient (Wildman–Crippen LogP) is 5.02. The summed E-state index contributed by atoms with van der Waals surface area (Å²) >= 11 is 0. The summed E-state index contributed by atoms with van der Waals surface area (Å²) in [6.07, 6.45) is -0.248. The number of carboxylic acids is 1. The van der Waals surface area contributed by atoms with Crippen LogP contribution in [0.2, 0.25) is 0 Å². The van der Waals surface area contributed by atoms with Gasteiger partial charge in [-0.15, -0.1) is 0 Å². The third kappa shape index (κ3) is 6.34. The van der Waals surface area contributed by atoms with E-state index in [-0.39, 0.29) is 0 Å². The lowest BCUT2D eigenvalue weighted by Crippen LogP contribution is -2.25. The molecule has 2 rings (SSSR count). The molecule has 0 radical (unpaired) electrons. The van der Waals surface area contributed by atoms with Crippen LogP contribution in [0.3, 0.4) is 0 Å². The Balaban J connectivity index is 2.46. The Morgan fingerprint density at radius 3 is 1.53 bits per heavy atom. The first-order chi connectivity index (χ1) is 15.1. The van der Waals surface area contributed by atoms with Crippen molar-refractivity contribution in [3.63, 3.8) is 0 Å². The highest BCUT2D eigenvalue weighted by atomic mass is 16.6. The molecule has 3 N–H and O–H groups in total. The van der Waals surface area contributed by atoms with Crippen molar-refractivity contribution >= 4 is 5.97 Å². The third-order valence-corrected chi connectivity index (χ3v) is 5.81. The summed E-state index contributed by atoms with van der Waals surface area (Å²) in [6.45, 7) is 9.20. The number of aliphatic hydroxyl groups is 2. The molecule has 0 amide bonds. The van der Waals surface area contributed by atoms with E-state index in [4.69, 9.17) is 9.47 Å². The van der Waals surface area contributed by atoms with Gasteiger partial charge in [0.15, 0.2) is 12.6 Å². The van der Waals surface area contributed by atoms with Crippen LogP contribution in [0, 0.1) is 0 Å². The molecule has 2 aromatic rings. The van der Waals surface area contributed by atoms with Crippen LogP contribution in [0.1, 0.15) is 65.0 Å². The predicted molar refractivity (Wildman–Crippen MR) is 124 cm³/mol. The van der Waals surface area contributed by atoms with Gasteiger partial charge in [-0.2, -0.15) is 0 Å². The number of hydrogen-bond donors (Lipinski definition) is 3. The van der Waals surface area contributed by atoms with Crippen LogP contribution in [0.15, 0.2) is 59.7 Å². The maximum atomic E-state index is 11.5. The summed E-state index contributed by atoms with van der Waals surface area (Å²) in [4.78, 5) is 11.5. The van der Waals surface area contributed by atoms with Gasteiger partial charge in [-0.3, -0.25) is 0 Å². The van der Waals surface area contributed by atoms with Gasteiger partial charge in [-0.1, -0.05) is 50.6 Å².